The Hall–Kier alpha value is -1.43. The molecule has 3 rings (SSSR count). The predicted octanol–water partition coefficient (Wildman–Crippen LogP) is 1.78. The second kappa shape index (κ2) is 6.13. The summed E-state index contributed by atoms with van der Waals surface area (Å²) in [5, 5.41) is 8.21. The van der Waals surface area contributed by atoms with Crippen LogP contribution in [0.25, 0.3) is 0 Å². The third-order valence-electron chi connectivity index (χ3n) is 4.37. The van der Waals surface area contributed by atoms with Gasteiger partial charge in [-0.3, -0.25) is 9.69 Å². The molecular weight excluding hydrogens is 268 g/mol. The Morgan fingerprint density at radius 1 is 1.29 bits per heavy atom. The molecule has 2 aliphatic rings. The zero-order chi connectivity index (χ0) is 14.8. The topological polar surface area (TPSA) is 62.5 Å². The highest BCUT2D eigenvalue weighted by Gasteiger charge is 2.31. The number of aromatic nitrogens is 2. The fourth-order valence-corrected chi connectivity index (χ4v) is 3.24. The van der Waals surface area contributed by atoms with Crippen molar-refractivity contribution in [2.24, 2.45) is 0 Å². The summed E-state index contributed by atoms with van der Waals surface area (Å²) in [5.41, 5.74) is 0. The average Bonchev–Trinajstić information content (AvgIpc) is 3.08. The van der Waals surface area contributed by atoms with Crippen LogP contribution in [0.3, 0.4) is 0 Å². The minimum absolute atomic E-state index is 0.266. The number of rotatable bonds is 4. The first-order chi connectivity index (χ1) is 10.1. The van der Waals surface area contributed by atoms with Crippen molar-refractivity contribution in [3.8, 4) is 0 Å². The van der Waals surface area contributed by atoms with Gasteiger partial charge in [0.15, 0.2) is 0 Å². The molecular formula is C15H24N4O2. The number of piperidine rings is 1. The summed E-state index contributed by atoms with van der Waals surface area (Å²) in [6.07, 6.45) is 3.97. The molecule has 21 heavy (non-hydrogen) atoms. The maximum Gasteiger partial charge on any atom is 0.230 e. The number of hydrogen-bond acceptors (Lipinski definition) is 5. The first-order valence-electron chi connectivity index (χ1n) is 7.97. The van der Waals surface area contributed by atoms with Crippen molar-refractivity contribution in [1.29, 1.82) is 0 Å². The third kappa shape index (κ3) is 3.26. The smallest absolute Gasteiger partial charge is 0.230 e. The lowest BCUT2D eigenvalue weighted by Crippen LogP contribution is -2.48. The van der Waals surface area contributed by atoms with Gasteiger partial charge in [-0.15, -0.1) is 10.2 Å². The van der Waals surface area contributed by atoms with E-state index in [2.05, 4.69) is 20.0 Å². The molecule has 0 bridgehead atoms. The van der Waals surface area contributed by atoms with Gasteiger partial charge in [-0.05, 0) is 25.8 Å². The maximum atomic E-state index is 11.9. The highest BCUT2D eigenvalue weighted by Crippen LogP contribution is 2.22. The number of carbonyl (C=O) groups is 1. The fraction of sp³-hybridized carbons (Fsp3) is 0.800. The largest absolute Gasteiger partial charge is 0.424 e. The lowest BCUT2D eigenvalue weighted by atomic mass is 10.0. The highest BCUT2D eigenvalue weighted by atomic mass is 16.4. The van der Waals surface area contributed by atoms with Gasteiger partial charge in [0.2, 0.25) is 17.7 Å². The van der Waals surface area contributed by atoms with Crippen LogP contribution in [0, 0.1) is 0 Å². The Bertz CT molecular complexity index is 500. The Morgan fingerprint density at radius 2 is 2.14 bits per heavy atom. The second-order valence-corrected chi connectivity index (χ2v) is 6.41. The maximum absolute atomic E-state index is 11.9. The quantitative estimate of drug-likeness (QED) is 0.846. The molecule has 2 saturated heterocycles. The monoisotopic (exact) mass is 292 g/mol. The Labute approximate surface area is 125 Å². The van der Waals surface area contributed by atoms with Crippen LogP contribution in [0.4, 0.5) is 0 Å². The standard InChI is InChI=1S/C15H24N4O2/c1-11(2)15-17-16-13(21-15)10-18-7-3-5-12(9-18)19-8-4-6-14(19)20/h11-12H,3-10H2,1-2H3/t12-/m0/s1. The molecule has 116 valence electrons. The van der Waals surface area contributed by atoms with Gasteiger partial charge in [0.1, 0.15) is 0 Å². The number of amides is 1. The first kappa shape index (κ1) is 14.5. The lowest BCUT2D eigenvalue weighted by Gasteiger charge is -2.37. The van der Waals surface area contributed by atoms with Crippen LogP contribution < -0.4 is 0 Å². The summed E-state index contributed by atoms with van der Waals surface area (Å²) in [4.78, 5) is 16.3. The zero-order valence-corrected chi connectivity index (χ0v) is 12.9. The van der Waals surface area contributed by atoms with Gasteiger partial charge >= 0.3 is 0 Å². The number of nitrogens with zero attached hydrogens (tertiary/aromatic N) is 4. The molecule has 1 atom stereocenters. The highest BCUT2D eigenvalue weighted by molar-refractivity contribution is 5.78. The van der Waals surface area contributed by atoms with E-state index in [-0.39, 0.29) is 5.92 Å². The summed E-state index contributed by atoms with van der Waals surface area (Å²) in [6.45, 7) is 7.68. The van der Waals surface area contributed by atoms with Crippen molar-refractivity contribution in [3.05, 3.63) is 11.8 Å². The van der Waals surface area contributed by atoms with Crippen LogP contribution in [0.15, 0.2) is 4.42 Å². The van der Waals surface area contributed by atoms with Gasteiger partial charge in [-0.1, -0.05) is 13.8 Å². The molecule has 1 amide bonds. The van der Waals surface area contributed by atoms with E-state index in [0.717, 1.165) is 45.3 Å². The minimum atomic E-state index is 0.266. The van der Waals surface area contributed by atoms with Crippen LogP contribution in [0.1, 0.15) is 57.2 Å². The van der Waals surface area contributed by atoms with Crippen LogP contribution in [-0.2, 0) is 11.3 Å². The lowest BCUT2D eigenvalue weighted by molar-refractivity contribution is -0.130. The number of likely N-dealkylation sites (tertiary alicyclic amines) is 2. The molecule has 6 heteroatoms. The zero-order valence-electron chi connectivity index (χ0n) is 12.9. The molecule has 1 aromatic rings. The molecule has 1 aromatic heterocycles. The van der Waals surface area contributed by atoms with E-state index in [1.54, 1.807) is 0 Å². The fourth-order valence-electron chi connectivity index (χ4n) is 3.24. The summed E-state index contributed by atoms with van der Waals surface area (Å²) >= 11 is 0. The van der Waals surface area contributed by atoms with Crippen molar-refractivity contribution in [2.75, 3.05) is 19.6 Å². The molecule has 2 aliphatic heterocycles. The van der Waals surface area contributed by atoms with E-state index in [4.69, 9.17) is 4.42 Å². The van der Waals surface area contributed by atoms with Gasteiger partial charge in [-0.2, -0.15) is 0 Å². The molecule has 2 fully saturated rings. The van der Waals surface area contributed by atoms with Crippen molar-refractivity contribution >= 4 is 5.91 Å². The molecule has 0 spiro atoms. The van der Waals surface area contributed by atoms with Crippen LogP contribution >= 0.6 is 0 Å². The molecule has 0 saturated carbocycles. The van der Waals surface area contributed by atoms with Crippen LogP contribution in [0.2, 0.25) is 0 Å². The summed E-state index contributed by atoms with van der Waals surface area (Å²) in [6, 6.07) is 0.362. The summed E-state index contributed by atoms with van der Waals surface area (Å²) in [7, 11) is 0. The van der Waals surface area contributed by atoms with Crippen molar-refractivity contribution < 1.29 is 9.21 Å². The van der Waals surface area contributed by atoms with Gasteiger partial charge in [0.05, 0.1) is 6.54 Å². The Kier molecular flexibility index (Phi) is 4.24. The third-order valence-corrected chi connectivity index (χ3v) is 4.37. The van der Waals surface area contributed by atoms with Gasteiger partial charge in [0.25, 0.3) is 0 Å². The number of hydrogen-bond donors (Lipinski definition) is 0. The molecule has 0 unspecified atom stereocenters. The molecule has 0 aliphatic carbocycles. The first-order valence-corrected chi connectivity index (χ1v) is 7.97. The molecule has 3 heterocycles. The van der Waals surface area contributed by atoms with Crippen molar-refractivity contribution in [1.82, 2.24) is 20.0 Å². The van der Waals surface area contributed by atoms with Crippen LogP contribution in [-0.4, -0.2) is 51.6 Å². The normalized spacial score (nSPS) is 24.2. The van der Waals surface area contributed by atoms with Gasteiger partial charge in [0, 0.05) is 31.5 Å². The molecule has 0 aromatic carbocycles. The Balaban J connectivity index is 1.59. The van der Waals surface area contributed by atoms with Crippen LogP contribution in [0.5, 0.6) is 0 Å². The molecule has 6 nitrogen and oxygen atoms in total. The molecule has 0 N–H and O–H groups in total. The van der Waals surface area contributed by atoms with E-state index in [0.29, 0.717) is 30.3 Å². The Morgan fingerprint density at radius 3 is 2.81 bits per heavy atom. The number of carbonyl (C=O) groups excluding carboxylic acids is 1. The summed E-state index contributed by atoms with van der Waals surface area (Å²) < 4.78 is 5.69. The van der Waals surface area contributed by atoms with E-state index in [9.17, 15) is 4.79 Å². The predicted molar refractivity (Wildman–Crippen MR) is 77.6 cm³/mol. The van der Waals surface area contributed by atoms with Gasteiger partial charge in [-0.25, -0.2) is 0 Å². The van der Waals surface area contributed by atoms with Crippen molar-refractivity contribution in [2.45, 2.75) is 58.0 Å². The van der Waals surface area contributed by atoms with Crippen molar-refractivity contribution in [3.63, 3.8) is 0 Å². The average molecular weight is 292 g/mol. The van der Waals surface area contributed by atoms with E-state index < -0.39 is 0 Å². The van der Waals surface area contributed by atoms with E-state index >= 15 is 0 Å². The minimum Gasteiger partial charge on any atom is -0.424 e. The molecule has 0 radical (unpaired) electrons. The van der Waals surface area contributed by atoms with E-state index in [1.807, 2.05) is 13.8 Å². The summed E-state index contributed by atoms with van der Waals surface area (Å²) in [5.74, 6) is 1.98. The second-order valence-electron chi connectivity index (χ2n) is 6.41. The van der Waals surface area contributed by atoms with Gasteiger partial charge < -0.3 is 9.32 Å². The van der Waals surface area contributed by atoms with E-state index in [1.165, 1.54) is 0 Å². The SMILES string of the molecule is CC(C)c1nnc(CN2CCC[C@H](N3CCCC3=O)C2)o1.